The van der Waals surface area contributed by atoms with Crippen molar-refractivity contribution in [2.24, 2.45) is 12.1 Å². The lowest BCUT2D eigenvalue weighted by Crippen LogP contribution is -1.89. The minimum atomic E-state index is 0.783. The van der Waals surface area contributed by atoms with E-state index in [1.807, 2.05) is 49.0 Å². The fourth-order valence-corrected chi connectivity index (χ4v) is 3.37. The molecule has 0 atom stereocenters. The lowest BCUT2D eigenvalue weighted by molar-refractivity contribution is 0.968. The summed E-state index contributed by atoms with van der Waals surface area (Å²) in [5.41, 5.74) is 7.38. The van der Waals surface area contributed by atoms with Gasteiger partial charge in [0.25, 0.3) is 0 Å². The first-order valence-electron chi connectivity index (χ1n) is 7.65. The summed E-state index contributed by atoms with van der Waals surface area (Å²) in [6.07, 6.45) is 3.92. The number of benzene rings is 2. The Labute approximate surface area is 144 Å². The Morgan fingerprint density at radius 2 is 1.88 bits per heavy atom. The number of thiazole rings is 1. The summed E-state index contributed by atoms with van der Waals surface area (Å²) in [4.78, 5) is 4.57. The first-order valence-corrected chi connectivity index (χ1v) is 8.53. The summed E-state index contributed by atoms with van der Waals surface area (Å²) < 4.78 is 2.10. The van der Waals surface area contributed by atoms with Gasteiger partial charge < -0.3 is 4.57 Å². The number of hydrogen-bond acceptors (Lipinski definition) is 4. The number of aryl methyl sites for hydroxylation is 1. The molecule has 0 aliphatic rings. The molecule has 0 fully saturated rings. The van der Waals surface area contributed by atoms with Crippen molar-refractivity contribution in [3.05, 3.63) is 71.7 Å². The van der Waals surface area contributed by atoms with Gasteiger partial charge in [0.15, 0.2) is 0 Å². The van der Waals surface area contributed by atoms with Crippen molar-refractivity contribution in [3.63, 3.8) is 0 Å². The van der Waals surface area contributed by atoms with E-state index >= 15 is 0 Å². The van der Waals surface area contributed by atoms with Crippen LogP contribution in [0.2, 0.25) is 0 Å². The van der Waals surface area contributed by atoms with E-state index in [9.17, 15) is 0 Å². The molecule has 0 aliphatic carbocycles. The molecule has 4 aromatic rings. The molecule has 0 aliphatic heterocycles. The van der Waals surface area contributed by atoms with Crippen LogP contribution < -0.4 is 5.43 Å². The van der Waals surface area contributed by atoms with Crippen LogP contribution in [0.15, 0.2) is 71.3 Å². The predicted octanol–water partition coefficient (Wildman–Crippen LogP) is 4.75. The third kappa shape index (κ3) is 2.81. The topological polar surface area (TPSA) is 42.2 Å². The SMILES string of the molecule is Cn1cc(C=NNc2nc(-c3ccccc3)cs2)c2ccccc21. The van der Waals surface area contributed by atoms with Gasteiger partial charge in [0, 0.05) is 40.7 Å². The second-order valence-electron chi connectivity index (χ2n) is 5.49. The summed E-state index contributed by atoms with van der Waals surface area (Å²) in [5.74, 6) is 0. The average molecular weight is 332 g/mol. The number of hydrazone groups is 1. The lowest BCUT2D eigenvalue weighted by atomic mass is 10.2. The monoisotopic (exact) mass is 332 g/mol. The van der Waals surface area contributed by atoms with E-state index < -0.39 is 0 Å². The van der Waals surface area contributed by atoms with E-state index in [1.54, 1.807) is 11.3 Å². The molecule has 4 nitrogen and oxygen atoms in total. The van der Waals surface area contributed by atoms with Gasteiger partial charge in [0.2, 0.25) is 5.13 Å². The highest BCUT2D eigenvalue weighted by atomic mass is 32.1. The van der Waals surface area contributed by atoms with Crippen LogP contribution in [0, 0.1) is 0 Å². The summed E-state index contributed by atoms with van der Waals surface area (Å²) in [5, 5.41) is 8.35. The van der Waals surface area contributed by atoms with Crippen LogP contribution in [0.5, 0.6) is 0 Å². The molecular weight excluding hydrogens is 316 g/mol. The molecule has 24 heavy (non-hydrogen) atoms. The molecule has 2 heterocycles. The molecule has 2 aromatic heterocycles. The normalized spacial score (nSPS) is 11.4. The second kappa shape index (κ2) is 6.29. The summed E-state index contributed by atoms with van der Waals surface area (Å²) in [6, 6.07) is 18.4. The van der Waals surface area contributed by atoms with Crippen LogP contribution >= 0.6 is 11.3 Å². The summed E-state index contributed by atoms with van der Waals surface area (Å²) in [6.45, 7) is 0. The molecule has 0 bridgehead atoms. The number of nitrogens with zero attached hydrogens (tertiary/aromatic N) is 3. The van der Waals surface area contributed by atoms with Crippen LogP contribution in [0.1, 0.15) is 5.56 Å². The number of nitrogens with one attached hydrogen (secondary N) is 1. The third-order valence-corrected chi connectivity index (χ3v) is 4.61. The summed E-state index contributed by atoms with van der Waals surface area (Å²) >= 11 is 1.55. The van der Waals surface area contributed by atoms with Gasteiger partial charge in [0.1, 0.15) is 0 Å². The van der Waals surface area contributed by atoms with E-state index in [4.69, 9.17) is 0 Å². The zero-order chi connectivity index (χ0) is 16.4. The Kier molecular flexibility index (Phi) is 3.84. The maximum atomic E-state index is 4.57. The molecule has 0 radical (unpaired) electrons. The molecule has 0 saturated carbocycles. The number of fused-ring (bicyclic) bond motifs is 1. The fourth-order valence-electron chi connectivity index (χ4n) is 2.70. The largest absolute Gasteiger partial charge is 0.350 e. The highest BCUT2D eigenvalue weighted by molar-refractivity contribution is 7.14. The molecule has 5 heteroatoms. The molecule has 0 saturated heterocycles. The van der Waals surface area contributed by atoms with Crippen LogP contribution in [0.4, 0.5) is 5.13 Å². The first kappa shape index (κ1) is 14.7. The molecule has 118 valence electrons. The highest BCUT2D eigenvalue weighted by Crippen LogP contribution is 2.24. The Morgan fingerprint density at radius 3 is 2.75 bits per heavy atom. The van der Waals surface area contributed by atoms with E-state index in [0.717, 1.165) is 22.0 Å². The first-order chi connectivity index (χ1) is 11.8. The zero-order valence-electron chi connectivity index (χ0n) is 13.2. The number of para-hydroxylation sites is 1. The Morgan fingerprint density at radius 1 is 1.08 bits per heavy atom. The highest BCUT2D eigenvalue weighted by Gasteiger charge is 2.04. The van der Waals surface area contributed by atoms with E-state index in [-0.39, 0.29) is 0 Å². The van der Waals surface area contributed by atoms with Gasteiger partial charge in [0.05, 0.1) is 11.9 Å². The molecule has 2 aromatic carbocycles. The minimum absolute atomic E-state index is 0.783. The Hall–Kier alpha value is -2.92. The second-order valence-corrected chi connectivity index (χ2v) is 6.34. The zero-order valence-corrected chi connectivity index (χ0v) is 14.0. The lowest BCUT2D eigenvalue weighted by Gasteiger charge is -1.95. The van der Waals surface area contributed by atoms with Crippen LogP contribution in [0.3, 0.4) is 0 Å². The van der Waals surface area contributed by atoms with Crippen molar-refractivity contribution < 1.29 is 0 Å². The van der Waals surface area contributed by atoms with Crippen LogP contribution in [-0.2, 0) is 7.05 Å². The van der Waals surface area contributed by atoms with Crippen molar-refractivity contribution >= 4 is 33.6 Å². The Balaban J connectivity index is 1.52. The van der Waals surface area contributed by atoms with Gasteiger partial charge in [-0.15, -0.1) is 11.3 Å². The van der Waals surface area contributed by atoms with Crippen molar-refractivity contribution in [3.8, 4) is 11.3 Å². The maximum Gasteiger partial charge on any atom is 0.203 e. The quantitative estimate of drug-likeness (QED) is 0.433. The van der Waals surface area contributed by atoms with Gasteiger partial charge in [-0.2, -0.15) is 5.10 Å². The van der Waals surface area contributed by atoms with Crippen LogP contribution in [-0.4, -0.2) is 15.8 Å². The molecule has 0 spiro atoms. The molecule has 0 amide bonds. The number of hydrogen-bond donors (Lipinski definition) is 1. The summed E-state index contributed by atoms with van der Waals surface area (Å²) in [7, 11) is 2.04. The van der Waals surface area contributed by atoms with E-state index in [2.05, 4.69) is 50.5 Å². The maximum absolute atomic E-state index is 4.57. The van der Waals surface area contributed by atoms with Gasteiger partial charge in [-0.1, -0.05) is 48.5 Å². The molecule has 1 N–H and O–H groups in total. The number of aromatic nitrogens is 2. The third-order valence-electron chi connectivity index (χ3n) is 3.87. The standard InChI is InChI=1S/C19H16N4S/c1-23-12-15(16-9-5-6-10-18(16)23)11-20-22-19-21-17(13-24-19)14-7-3-2-4-8-14/h2-13H,1H3,(H,21,22). The van der Waals surface area contributed by atoms with Gasteiger partial charge >= 0.3 is 0 Å². The number of rotatable bonds is 4. The van der Waals surface area contributed by atoms with Crippen molar-refractivity contribution in [1.29, 1.82) is 0 Å². The number of anilines is 1. The van der Waals surface area contributed by atoms with Gasteiger partial charge in [-0.25, -0.2) is 4.98 Å². The molecule has 0 unspecified atom stereocenters. The smallest absolute Gasteiger partial charge is 0.203 e. The van der Waals surface area contributed by atoms with Gasteiger partial charge in [-0.3, -0.25) is 5.43 Å². The van der Waals surface area contributed by atoms with Crippen molar-refractivity contribution in [2.75, 3.05) is 5.43 Å². The van der Waals surface area contributed by atoms with Crippen LogP contribution in [0.25, 0.3) is 22.2 Å². The van der Waals surface area contributed by atoms with E-state index in [0.29, 0.717) is 0 Å². The molecule has 4 rings (SSSR count). The van der Waals surface area contributed by atoms with Crippen molar-refractivity contribution in [1.82, 2.24) is 9.55 Å². The molecular formula is C19H16N4S. The predicted molar refractivity (Wildman–Crippen MR) is 102 cm³/mol. The Bertz CT molecular complexity index is 999. The average Bonchev–Trinajstić information content (AvgIpc) is 3.22. The van der Waals surface area contributed by atoms with E-state index in [1.165, 1.54) is 10.9 Å². The van der Waals surface area contributed by atoms with Crippen molar-refractivity contribution in [2.45, 2.75) is 0 Å². The fraction of sp³-hybridized carbons (Fsp3) is 0.0526. The minimum Gasteiger partial charge on any atom is -0.350 e. The van der Waals surface area contributed by atoms with Gasteiger partial charge in [-0.05, 0) is 6.07 Å².